The van der Waals surface area contributed by atoms with Gasteiger partial charge in [0.2, 0.25) is 6.79 Å². The van der Waals surface area contributed by atoms with Crippen molar-refractivity contribution in [3.8, 4) is 11.5 Å². The maximum absolute atomic E-state index is 5.08. The van der Waals surface area contributed by atoms with Crippen molar-refractivity contribution in [1.82, 2.24) is 4.98 Å². The fourth-order valence-electron chi connectivity index (χ4n) is 1.16. The summed E-state index contributed by atoms with van der Waals surface area (Å²) in [5.74, 6) is 1.69. The van der Waals surface area contributed by atoms with E-state index in [-0.39, 0.29) is 0 Å². The second-order valence-corrected chi connectivity index (χ2v) is 2.88. The molecule has 0 saturated carbocycles. The van der Waals surface area contributed by atoms with Crippen molar-refractivity contribution in [1.29, 1.82) is 0 Å². The molecule has 0 spiro atoms. The molecular formula is C12H11NO2. The minimum atomic E-state index is 0.360. The number of pyridine rings is 1. The van der Waals surface area contributed by atoms with E-state index >= 15 is 0 Å². The van der Waals surface area contributed by atoms with Crippen molar-refractivity contribution in [2.75, 3.05) is 6.79 Å². The molecule has 0 fully saturated rings. The lowest BCUT2D eigenvalue weighted by Crippen LogP contribution is -1.92. The summed E-state index contributed by atoms with van der Waals surface area (Å²) in [6.07, 6.45) is 3.50. The van der Waals surface area contributed by atoms with Gasteiger partial charge in [0.25, 0.3) is 0 Å². The molecule has 3 nitrogen and oxygen atoms in total. The lowest BCUT2D eigenvalue weighted by Gasteiger charge is -1.89. The zero-order valence-electron chi connectivity index (χ0n) is 8.17. The Morgan fingerprint density at radius 1 is 0.800 bits per heavy atom. The molecule has 15 heavy (non-hydrogen) atoms. The number of nitrogens with zero attached hydrogens (tertiary/aromatic N) is 1. The number of hydrogen-bond acceptors (Lipinski definition) is 3. The van der Waals surface area contributed by atoms with Crippen LogP contribution in [0.3, 0.4) is 0 Å². The molecule has 76 valence electrons. The normalized spacial score (nSPS) is 11.5. The van der Waals surface area contributed by atoms with Crippen LogP contribution in [-0.2, 0) is 0 Å². The number of fused-ring (bicyclic) bond motifs is 1. The number of ether oxygens (including phenoxy) is 2. The summed E-state index contributed by atoms with van der Waals surface area (Å²) in [7, 11) is 0. The van der Waals surface area contributed by atoms with Gasteiger partial charge in [0.1, 0.15) is 0 Å². The molecule has 0 saturated heterocycles. The van der Waals surface area contributed by atoms with Gasteiger partial charge < -0.3 is 9.47 Å². The van der Waals surface area contributed by atoms with Crippen LogP contribution >= 0.6 is 0 Å². The van der Waals surface area contributed by atoms with Gasteiger partial charge in [-0.25, -0.2) is 0 Å². The minimum Gasteiger partial charge on any atom is -0.454 e. The van der Waals surface area contributed by atoms with Crippen LogP contribution in [-0.4, -0.2) is 11.8 Å². The van der Waals surface area contributed by atoms with Crippen LogP contribution in [0.15, 0.2) is 54.9 Å². The summed E-state index contributed by atoms with van der Waals surface area (Å²) >= 11 is 0. The second kappa shape index (κ2) is 5.00. The van der Waals surface area contributed by atoms with Crippen LogP contribution in [0.1, 0.15) is 0 Å². The fourth-order valence-corrected chi connectivity index (χ4v) is 1.16. The van der Waals surface area contributed by atoms with Gasteiger partial charge in [0, 0.05) is 12.4 Å². The standard InChI is InChI=1S/C7H6O2.C5H5N/c1-2-4-7-6(3-1)8-5-9-7;1-2-4-6-5-3-1/h1-4H,5H2;1-5H. The molecule has 0 N–H and O–H groups in total. The molecule has 0 unspecified atom stereocenters. The Labute approximate surface area is 88.3 Å². The molecule has 0 amide bonds. The molecule has 3 rings (SSSR count). The summed E-state index contributed by atoms with van der Waals surface area (Å²) in [6.45, 7) is 0.360. The summed E-state index contributed by atoms with van der Waals surface area (Å²) < 4.78 is 10.2. The van der Waals surface area contributed by atoms with E-state index < -0.39 is 0 Å². The molecule has 0 atom stereocenters. The van der Waals surface area contributed by atoms with E-state index in [1.165, 1.54) is 0 Å². The molecule has 1 aromatic carbocycles. The van der Waals surface area contributed by atoms with Crippen LogP contribution in [0.2, 0.25) is 0 Å². The Morgan fingerprint density at radius 2 is 1.40 bits per heavy atom. The van der Waals surface area contributed by atoms with Crippen LogP contribution in [0.5, 0.6) is 11.5 Å². The van der Waals surface area contributed by atoms with Crippen LogP contribution in [0, 0.1) is 0 Å². The smallest absolute Gasteiger partial charge is 0.231 e. The summed E-state index contributed by atoms with van der Waals surface area (Å²) in [6, 6.07) is 13.3. The number of benzene rings is 1. The zero-order chi connectivity index (χ0) is 10.3. The molecule has 0 bridgehead atoms. The highest BCUT2D eigenvalue weighted by Crippen LogP contribution is 2.30. The Morgan fingerprint density at radius 3 is 1.80 bits per heavy atom. The van der Waals surface area contributed by atoms with Crippen molar-refractivity contribution in [2.24, 2.45) is 0 Å². The van der Waals surface area contributed by atoms with E-state index in [1.54, 1.807) is 12.4 Å². The van der Waals surface area contributed by atoms with E-state index in [1.807, 2.05) is 42.5 Å². The first-order valence-corrected chi connectivity index (χ1v) is 4.66. The number of hydrogen-bond donors (Lipinski definition) is 0. The fraction of sp³-hybridized carbons (Fsp3) is 0.0833. The molecule has 0 radical (unpaired) electrons. The van der Waals surface area contributed by atoms with Crippen molar-refractivity contribution in [2.45, 2.75) is 0 Å². The van der Waals surface area contributed by atoms with Gasteiger partial charge in [-0.1, -0.05) is 18.2 Å². The Kier molecular flexibility index (Phi) is 3.18. The predicted octanol–water partition coefficient (Wildman–Crippen LogP) is 2.50. The maximum Gasteiger partial charge on any atom is 0.231 e. The second-order valence-electron chi connectivity index (χ2n) is 2.88. The van der Waals surface area contributed by atoms with E-state index in [0.29, 0.717) is 6.79 Å². The highest BCUT2D eigenvalue weighted by molar-refractivity contribution is 5.40. The van der Waals surface area contributed by atoms with Crippen molar-refractivity contribution in [3.05, 3.63) is 54.9 Å². The first kappa shape index (κ1) is 9.52. The molecule has 1 aliphatic rings. The summed E-state index contributed by atoms with van der Waals surface area (Å²) in [5, 5.41) is 0. The highest BCUT2D eigenvalue weighted by atomic mass is 16.7. The Balaban J connectivity index is 0.000000124. The molecule has 2 heterocycles. The lowest BCUT2D eigenvalue weighted by atomic mass is 10.3. The third-order valence-corrected chi connectivity index (χ3v) is 1.84. The van der Waals surface area contributed by atoms with Gasteiger partial charge in [0.05, 0.1) is 0 Å². The number of rotatable bonds is 0. The van der Waals surface area contributed by atoms with Gasteiger partial charge in [-0.2, -0.15) is 0 Å². The topological polar surface area (TPSA) is 31.4 Å². The largest absolute Gasteiger partial charge is 0.454 e. The van der Waals surface area contributed by atoms with E-state index in [0.717, 1.165) is 11.5 Å². The first-order chi connectivity index (χ1) is 7.47. The van der Waals surface area contributed by atoms with E-state index in [9.17, 15) is 0 Å². The lowest BCUT2D eigenvalue weighted by molar-refractivity contribution is 0.174. The molecule has 2 aromatic rings. The van der Waals surface area contributed by atoms with Crippen LogP contribution in [0.4, 0.5) is 0 Å². The van der Waals surface area contributed by atoms with Gasteiger partial charge in [0.15, 0.2) is 11.5 Å². The minimum absolute atomic E-state index is 0.360. The molecule has 1 aliphatic heterocycles. The summed E-state index contributed by atoms with van der Waals surface area (Å²) in [4.78, 5) is 3.78. The van der Waals surface area contributed by atoms with Gasteiger partial charge in [-0.3, -0.25) is 4.98 Å². The maximum atomic E-state index is 5.08. The highest BCUT2D eigenvalue weighted by Gasteiger charge is 2.09. The molecular weight excluding hydrogens is 190 g/mol. The molecule has 1 aromatic heterocycles. The molecule has 0 aliphatic carbocycles. The number of para-hydroxylation sites is 2. The zero-order valence-corrected chi connectivity index (χ0v) is 8.17. The van der Waals surface area contributed by atoms with Gasteiger partial charge >= 0.3 is 0 Å². The predicted molar refractivity (Wildman–Crippen MR) is 56.8 cm³/mol. The third kappa shape index (κ3) is 2.71. The molecule has 3 heteroatoms. The van der Waals surface area contributed by atoms with E-state index in [2.05, 4.69) is 4.98 Å². The monoisotopic (exact) mass is 201 g/mol. The van der Waals surface area contributed by atoms with Gasteiger partial charge in [-0.05, 0) is 24.3 Å². The van der Waals surface area contributed by atoms with Crippen molar-refractivity contribution >= 4 is 0 Å². The average Bonchev–Trinajstić information content (AvgIpc) is 2.80. The number of aromatic nitrogens is 1. The average molecular weight is 201 g/mol. The quantitative estimate of drug-likeness (QED) is 0.656. The van der Waals surface area contributed by atoms with Crippen LogP contribution < -0.4 is 9.47 Å². The van der Waals surface area contributed by atoms with Crippen LogP contribution in [0.25, 0.3) is 0 Å². The SMILES string of the molecule is c1ccc2c(c1)OCO2.c1ccncc1. The Bertz CT molecular complexity index is 354. The van der Waals surface area contributed by atoms with Gasteiger partial charge in [-0.15, -0.1) is 0 Å². The van der Waals surface area contributed by atoms with E-state index in [4.69, 9.17) is 9.47 Å². The first-order valence-electron chi connectivity index (χ1n) is 4.66. The van der Waals surface area contributed by atoms with Crippen molar-refractivity contribution < 1.29 is 9.47 Å². The summed E-state index contributed by atoms with van der Waals surface area (Å²) in [5.41, 5.74) is 0. The third-order valence-electron chi connectivity index (χ3n) is 1.84. The Hall–Kier alpha value is -2.03. The van der Waals surface area contributed by atoms with Crippen molar-refractivity contribution in [3.63, 3.8) is 0 Å².